The second-order valence-corrected chi connectivity index (χ2v) is 8.31. The average Bonchev–Trinajstić information content (AvgIpc) is 2.71. The maximum Gasteiger partial charge on any atom is 0.306 e. The minimum atomic E-state index is -0.632. The lowest BCUT2D eigenvalue weighted by Gasteiger charge is -2.31. The van der Waals surface area contributed by atoms with Gasteiger partial charge in [0, 0.05) is 21.8 Å². The minimum absolute atomic E-state index is 0.0273. The van der Waals surface area contributed by atoms with Gasteiger partial charge in [-0.05, 0) is 88.2 Å². The van der Waals surface area contributed by atoms with Crippen LogP contribution in [-0.4, -0.2) is 38.1 Å². The standard InChI is InChI=1S/C17H18ClNO2.C7H13NO2/c1-11-8-13(10-20)4-6-16(11)19-12(2)15-9-14(18)5-7-17(15)21-3;1-8-4-5-2-6(3-5)7(9)10/h4-10,12,19H,1-3H3;5-6,8H,2-4H2,1H3,(H,9,10)/t12-;/m0./s1. The van der Waals surface area contributed by atoms with Crippen LogP contribution >= 0.6 is 11.6 Å². The highest BCUT2D eigenvalue weighted by Crippen LogP contribution is 2.33. The summed E-state index contributed by atoms with van der Waals surface area (Å²) in [5, 5.41) is 15.6. The number of rotatable bonds is 8. The van der Waals surface area contributed by atoms with Crippen molar-refractivity contribution in [3.8, 4) is 5.75 Å². The molecule has 1 aliphatic rings. The summed E-state index contributed by atoms with van der Waals surface area (Å²) in [7, 11) is 3.54. The molecule has 0 heterocycles. The molecule has 1 fully saturated rings. The lowest BCUT2D eigenvalue weighted by molar-refractivity contribution is -0.146. The number of aldehydes is 1. The highest BCUT2D eigenvalue weighted by atomic mass is 35.5. The molecule has 0 unspecified atom stereocenters. The first-order valence-corrected chi connectivity index (χ1v) is 10.7. The van der Waals surface area contributed by atoms with Crippen LogP contribution in [0.15, 0.2) is 36.4 Å². The van der Waals surface area contributed by atoms with E-state index in [1.165, 1.54) is 0 Å². The normalized spacial score (nSPS) is 18.1. The monoisotopic (exact) mass is 446 g/mol. The van der Waals surface area contributed by atoms with Crippen LogP contribution in [0.25, 0.3) is 0 Å². The van der Waals surface area contributed by atoms with E-state index < -0.39 is 5.97 Å². The number of carboxylic acid groups (broad SMARTS) is 1. The summed E-state index contributed by atoms with van der Waals surface area (Å²) in [6, 6.07) is 11.2. The summed E-state index contributed by atoms with van der Waals surface area (Å²) < 4.78 is 5.38. The fraction of sp³-hybridized carbons (Fsp3) is 0.417. The summed E-state index contributed by atoms with van der Waals surface area (Å²) in [6.07, 6.45) is 2.56. The number of aryl methyl sites for hydroxylation is 1. The number of aliphatic carboxylic acids is 1. The van der Waals surface area contributed by atoms with Crippen LogP contribution in [0.1, 0.15) is 47.3 Å². The number of hydrogen-bond donors (Lipinski definition) is 3. The van der Waals surface area contributed by atoms with Crippen LogP contribution in [0.5, 0.6) is 5.75 Å². The number of nitrogens with one attached hydrogen (secondary N) is 2. The SMILES string of the molecule is CNCC1CC(C(=O)O)C1.COc1ccc(Cl)cc1[C@H](C)Nc1ccc(C=O)cc1C. The Bertz CT molecular complexity index is 897. The number of carbonyl (C=O) groups excluding carboxylic acids is 1. The summed E-state index contributed by atoms with van der Waals surface area (Å²) >= 11 is 6.07. The maximum atomic E-state index is 10.8. The van der Waals surface area contributed by atoms with Gasteiger partial charge in [-0.25, -0.2) is 0 Å². The molecular weight excluding hydrogens is 416 g/mol. The number of halogens is 1. The Morgan fingerprint density at radius 3 is 2.55 bits per heavy atom. The van der Waals surface area contributed by atoms with E-state index in [-0.39, 0.29) is 12.0 Å². The molecule has 2 aromatic carbocycles. The van der Waals surface area contributed by atoms with Gasteiger partial charge < -0.3 is 20.5 Å². The van der Waals surface area contributed by atoms with Crippen molar-refractivity contribution in [2.24, 2.45) is 11.8 Å². The molecule has 6 nitrogen and oxygen atoms in total. The largest absolute Gasteiger partial charge is 0.496 e. The van der Waals surface area contributed by atoms with Crippen molar-refractivity contribution in [1.29, 1.82) is 0 Å². The van der Waals surface area contributed by atoms with Gasteiger partial charge in [-0.1, -0.05) is 11.6 Å². The first-order chi connectivity index (χ1) is 14.8. The minimum Gasteiger partial charge on any atom is -0.496 e. The molecule has 0 amide bonds. The third kappa shape index (κ3) is 6.97. The Hall–Kier alpha value is -2.57. The number of carbonyl (C=O) groups is 2. The van der Waals surface area contributed by atoms with Gasteiger partial charge in [0.25, 0.3) is 0 Å². The molecule has 0 saturated heterocycles. The molecule has 0 aliphatic heterocycles. The van der Waals surface area contributed by atoms with Gasteiger partial charge in [-0.3, -0.25) is 9.59 Å². The molecule has 1 aliphatic carbocycles. The summed E-state index contributed by atoms with van der Waals surface area (Å²) in [4.78, 5) is 21.1. The lowest BCUT2D eigenvalue weighted by atomic mass is 9.75. The molecule has 3 rings (SSSR count). The van der Waals surface area contributed by atoms with Crippen molar-refractivity contribution in [3.63, 3.8) is 0 Å². The van der Waals surface area contributed by atoms with Crippen molar-refractivity contribution in [1.82, 2.24) is 5.32 Å². The fourth-order valence-electron chi connectivity index (χ4n) is 3.67. The second-order valence-electron chi connectivity index (χ2n) is 7.87. The van der Waals surface area contributed by atoms with Crippen LogP contribution in [0.4, 0.5) is 5.69 Å². The fourth-order valence-corrected chi connectivity index (χ4v) is 3.85. The van der Waals surface area contributed by atoms with Gasteiger partial charge in [0.15, 0.2) is 0 Å². The number of benzene rings is 2. The van der Waals surface area contributed by atoms with Crippen molar-refractivity contribution in [2.75, 3.05) is 26.0 Å². The zero-order valence-corrected chi connectivity index (χ0v) is 19.2. The molecule has 0 spiro atoms. The lowest BCUT2D eigenvalue weighted by Crippen LogP contribution is -2.35. The van der Waals surface area contributed by atoms with E-state index >= 15 is 0 Å². The van der Waals surface area contributed by atoms with E-state index in [2.05, 4.69) is 10.6 Å². The quantitative estimate of drug-likeness (QED) is 0.497. The Morgan fingerprint density at radius 1 is 1.29 bits per heavy atom. The van der Waals surface area contributed by atoms with E-state index in [1.54, 1.807) is 19.2 Å². The van der Waals surface area contributed by atoms with Gasteiger partial charge in [0.1, 0.15) is 12.0 Å². The molecule has 7 heteroatoms. The van der Waals surface area contributed by atoms with E-state index in [0.717, 1.165) is 48.2 Å². The van der Waals surface area contributed by atoms with Gasteiger partial charge in [-0.15, -0.1) is 0 Å². The van der Waals surface area contributed by atoms with Crippen LogP contribution in [0, 0.1) is 18.8 Å². The van der Waals surface area contributed by atoms with Gasteiger partial charge in [-0.2, -0.15) is 0 Å². The molecule has 31 heavy (non-hydrogen) atoms. The smallest absolute Gasteiger partial charge is 0.306 e. The van der Waals surface area contributed by atoms with Crippen LogP contribution < -0.4 is 15.4 Å². The molecule has 0 bridgehead atoms. The van der Waals surface area contributed by atoms with E-state index in [9.17, 15) is 9.59 Å². The Morgan fingerprint density at radius 2 is 2.00 bits per heavy atom. The molecule has 0 radical (unpaired) electrons. The Kier molecular flexibility index (Phi) is 9.34. The topological polar surface area (TPSA) is 87.7 Å². The van der Waals surface area contributed by atoms with E-state index in [4.69, 9.17) is 21.4 Å². The van der Waals surface area contributed by atoms with Crippen molar-refractivity contribution >= 4 is 29.5 Å². The third-order valence-electron chi connectivity index (χ3n) is 5.49. The molecule has 3 N–H and O–H groups in total. The summed E-state index contributed by atoms with van der Waals surface area (Å²) in [5.74, 6) is 0.707. The second kappa shape index (κ2) is 11.7. The highest BCUT2D eigenvalue weighted by Gasteiger charge is 2.33. The molecule has 1 atom stereocenters. The number of methoxy groups -OCH3 is 1. The molecule has 2 aromatic rings. The molecule has 168 valence electrons. The van der Waals surface area contributed by atoms with Gasteiger partial charge in [0.2, 0.25) is 0 Å². The van der Waals surface area contributed by atoms with E-state index in [0.29, 0.717) is 16.5 Å². The van der Waals surface area contributed by atoms with Crippen LogP contribution in [0.2, 0.25) is 5.02 Å². The first kappa shape index (κ1) is 24.7. The number of carboxylic acids is 1. The van der Waals surface area contributed by atoms with Crippen LogP contribution in [-0.2, 0) is 4.79 Å². The molecular formula is C24H31ClN2O4. The van der Waals surface area contributed by atoms with Crippen molar-refractivity contribution < 1.29 is 19.4 Å². The zero-order chi connectivity index (χ0) is 23.0. The highest BCUT2D eigenvalue weighted by molar-refractivity contribution is 6.30. The summed E-state index contributed by atoms with van der Waals surface area (Å²) in [6.45, 7) is 4.97. The predicted octanol–water partition coefficient (Wildman–Crippen LogP) is 4.96. The zero-order valence-electron chi connectivity index (χ0n) is 18.4. The third-order valence-corrected chi connectivity index (χ3v) is 5.73. The van der Waals surface area contributed by atoms with Crippen molar-refractivity contribution in [3.05, 3.63) is 58.1 Å². The number of anilines is 1. The number of hydrogen-bond acceptors (Lipinski definition) is 5. The first-order valence-electron chi connectivity index (χ1n) is 10.3. The average molecular weight is 447 g/mol. The van der Waals surface area contributed by atoms with Gasteiger partial charge >= 0.3 is 5.97 Å². The molecule has 1 saturated carbocycles. The summed E-state index contributed by atoms with van der Waals surface area (Å²) in [5.41, 5.74) is 3.66. The van der Waals surface area contributed by atoms with Crippen molar-refractivity contribution in [2.45, 2.75) is 32.7 Å². The van der Waals surface area contributed by atoms with Gasteiger partial charge in [0.05, 0.1) is 19.1 Å². The maximum absolute atomic E-state index is 10.8. The predicted molar refractivity (Wildman–Crippen MR) is 124 cm³/mol. The van der Waals surface area contributed by atoms with Crippen LogP contribution in [0.3, 0.4) is 0 Å². The Balaban J connectivity index is 0.000000285. The number of ether oxygens (including phenoxy) is 1. The Labute approximate surface area is 189 Å². The van der Waals surface area contributed by atoms with E-state index in [1.807, 2.05) is 45.2 Å². The molecule has 0 aromatic heterocycles.